The lowest BCUT2D eigenvalue weighted by molar-refractivity contribution is -0.122. The van der Waals surface area contributed by atoms with Crippen LogP contribution in [0.3, 0.4) is 0 Å². The van der Waals surface area contributed by atoms with Crippen LogP contribution in [0.25, 0.3) is 6.08 Å². The van der Waals surface area contributed by atoms with Crippen LogP contribution in [-0.4, -0.2) is 35.9 Å². The molecule has 1 amide bonds. The number of likely N-dealkylation sites (N-methyl/N-ethyl adjacent to an activating group) is 1. The highest BCUT2D eigenvalue weighted by Crippen LogP contribution is 2.34. The summed E-state index contributed by atoms with van der Waals surface area (Å²) < 4.78 is 11.4. The third-order valence-corrected chi connectivity index (χ3v) is 6.94. The monoisotopic (exact) mass is 585 g/mol. The van der Waals surface area contributed by atoms with E-state index in [2.05, 4.69) is 41.1 Å². The second-order valence-corrected chi connectivity index (χ2v) is 9.97. The van der Waals surface area contributed by atoms with E-state index in [1.807, 2.05) is 79.7 Å². The Balaban J connectivity index is 1.37. The lowest BCUT2D eigenvalue weighted by atomic mass is 10.1. The second-order valence-electron chi connectivity index (χ2n) is 9.97. The van der Waals surface area contributed by atoms with E-state index in [1.54, 1.807) is 30.3 Å². The molecule has 1 saturated heterocycles. The van der Waals surface area contributed by atoms with Gasteiger partial charge >= 0.3 is 12.0 Å². The van der Waals surface area contributed by atoms with Crippen molar-refractivity contribution < 1.29 is 19.1 Å². The van der Waals surface area contributed by atoms with Crippen molar-refractivity contribution in [2.75, 3.05) is 18.1 Å². The standard InChI is InChI=1S/C37H35N3O4/c1-3-5-6-15-26-43-36(42)32-20-13-14-21-33(32)38-37-39(4-2)35(41)34(44-37)27-28-22-24-31(25-23-28)40(29-16-9-7-10-17-29)30-18-11-8-12-19-30/h5-14,16-25,27H,3-4,15,26H2,1-2H3. The first-order valence-corrected chi connectivity index (χ1v) is 14.8. The highest BCUT2D eigenvalue weighted by atomic mass is 16.5. The summed E-state index contributed by atoms with van der Waals surface area (Å²) in [5.74, 6) is -0.615. The molecule has 5 rings (SSSR count). The molecule has 0 saturated carbocycles. The molecule has 0 aromatic heterocycles. The summed E-state index contributed by atoms with van der Waals surface area (Å²) in [7, 11) is 0. The van der Waals surface area contributed by atoms with Gasteiger partial charge in [-0.2, -0.15) is 4.99 Å². The number of ether oxygens (including phenoxy) is 2. The number of anilines is 3. The van der Waals surface area contributed by atoms with Gasteiger partial charge in [0.05, 0.1) is 17.9 Å². The van der Waals surface area contributed by atoms with Crippen molar-refractivity contribution >= 4 is 46.7 Å². The zero-order valence-electron chi connectivity index (χ0n) is 24.9. The molecule has 1 heterocycles. The summed E-state index contributed by atoms with van der Waals surface area (Å²) in [5.41, 5.74) is 4.53. The second kappa shape index (κ2) is 14.6. The van der Waals surface area contributed by atoms with Gasteiger partial charge in [-0.3, -0.25) is 9.69 Å². The van der Waals surface area contributed by atoms with E-state index in [0.29, 0.717) is 24.2 Å². The van der Waals surface area contributed by atoms with Crippen molar-refractivity contribution in [1.82, 2.24) is 4.90 Å². The van der Waals surface area contributed by atoms with E-state index >= 15 is 0 Å². The van der Waals surface area contributed by atoms with Gasteiger partial charge in [0.25, 0.3) is 5.91 Å². The Labute approximate surface area is 258 Å². The first kappa shape index (κ1) is 30.0. The van der Waals surface area contributed by atoms with Gasteiger partial charge in [-0.1, -0.05) is 79.7 Å². The molecule has 1 aliphatic rings. The number of esters is 1. The molecule has 7 nitrogen and oxygen atoms in total. The predicted molar refractivity (Wildman–Crippen MR) is 175 cm³/mol. The molecule has 0 radical (unpaired) electrons. The Bertz CT molecular complexity index is 1620. The maximum atomic E-state index is 13.3. The van der Waals surface area contributed by atoms with Gasteiger partial charge in [0.15, 0.2) is 5.76 Å². The van der Waals surface area contributed by atoms with E-state index in [4.69, 9.17) is 9.47 Å². The molecule has 4 aromatic rings. The lowest BCUT2D eigenvalue weighted by Gasteiger charge is -2.25. The van der Waals surface area contributed by atoms with Crippen LogP contribution in [0.4, 0.5) is 22.7 Å². The van der Waals surface area contributed by atoms with Crippen LogP contribution in [-0.2, 0) is 14.3 Å². The fraction of sp³-hybridized carbons (Fsp3) is 0.162. The lowest BCUT2D eigenvalue weighted by Crippen LogP contribution is -2.29. The van der Waals surface area contributed by atoms with Crippen LogP contribution >= 0.6 is 0 Å². The minimum atomic E-state index is -0.474. The molecule has 1 aliphatic heterocycles. The van der Waals surface area contributed by atoms with E-state index in [-0.39, 0.29) is 24.3 Å². The first-order chi connectivity index (χ1) is 21.6. The van der Waals surface area contributed by atoms with Crippen molar-refractivity contribution in [3.8, 4) is 0 Å². The Morgan fingerprint density at radius 2 is 1.43 bits per heavy atom. The maximum absolute atomic E-state index is 13.3. The summed E-state index contributed by atoms with van der Waals surface area (Å²) in [4.78, 5) is 34.3. The topological polar surface area (TPSA) is 71.4 Å². The summed E-state index contributed by atoms with van der Waals surface area (Å²) in [5, 5.41) is 0. The molecule has 7 heteroatoms. The number of allylic oxidation sites excluding steroid dienone is 1. The summed E-state index contributed by atoms with van der Waals surface area (Å²) in [6.45, 7) is 4.53. The van der Waals surface area contributed by atoms with Crippen LogP contribution in [0.1, 0.15) is 42.6 Å². The van der Waals surface area contributed by atoms with Gasteiger partial charge in [0.2, 0.25) is 0 Å². The molecule has 0 N–H and O–H groups in total. The highest BCUT2D eigenvalue weighted by Gasteiger charge is 2.34. The summed E-state index contributed by atoms with van der Waals surface area (Å²) in [6.07, 6.45) is 7.30. The van der Waals surface area contributed by atoms with Crippen LogP contribution < -0.4 is 4.90 Å². The number of nitrogens with zero attached hydrogens (tertiary/aromatic N) is 3. The first-order valence-electron chi connectivity index (χ1n) is 14.8. The molecule has 222 valence electrons. The number of aliphatic imine (C=N–C) groups is 1. The summed E-state index contributed by atoms with van der Waals surface area (Å²) >= 11 is 0. The predicted octanol–water partition coefficient (Wildman–Crippen LogP) is 8.58. The smallest absolute Gasteiger partial charge is 0.340 e. The minimum Gasteiger partial charge on any atom is -0.462 e. The number of carbonyl (C=O) groups excluding carboxylic acids is 2. The Morgan fingerprint density at radius 1 is 0.818 bits per heavy atom. The number of rotatable bonds is 11. The van der Waals surface area contributed by atoms with Crippen LogP contribution in [0.5, 0.6) is 0 Å². The highest BCUT2D eigenvalue weighted by molar-refractivity contribution is 6.12. The fourth-order valence-electron chi connectivity index (χ4n) is 4.77. The van der Waals surface area contributed by atoms with E-state index < -0.39 is 5.97 Å². The molecule has 0 spiro atoms. The molecule has 4 aromatic carbocycles. The van der Waals surface area contributed by atoms with Gasteiger partial charge < -0.3 is 14.4 Å². The number of para-hydroxylation sites is 3. The molecule has 44 heavy (non-hydrogen) atoms. The van der Waals surface area contributed by atoms with Crippen molar-refractivity contribution in [1.29, 1.82) is 0 Å². The third-order valence-electron chi connectivity index (χ3n) is 6.94. The van der Waals surface area contributed by atoms with Crippen LogP contribution in [0.2, 0.25) is 0 Å². The van der Waals surface area contributed by atoms with Crippen molar-refractivity contribution in [2.45, 2.75) is 26.7 Å². The number of amidine groups is 1. The Hall–Kier alpha value is -5.43. The minimum absolute atomic E-state index is 0.117. The Kier molecular flexibility index (Phi) is 10.0. The average molecular weight is 586 g/mol. The van der Waals surface area contributed by atoms with Crippen molar-refractivity contribution in [3.05, 3.63) is 138 Å². The fourth-order valence-corrected chi connectivity index (χ4v) is 4.77. The molecule has 0 aliphatic carbocycles. The normalized spacial score (nSPS) is 14.8. The average Bonchev–Trinajstić information content (AvgIpc) is 3.35. The number of amides is 1. The zero-order valence-corrected chi connectivity index (χ0v) is 24.9. The maximum Gasteiger partial charge on any atom is 0.340 e. The van der Waals surface area contributed by atoms with Crippen molar-refractivity contribution in [3.63, 3.8) is 0 Å². The van der Waals surface area contributed by atoms with Gasteiger partial charge in [0, 0.05) is 23.6 Å². The van der Waals surface area contributed by atoms with E-state index in [9.17, 15) is 9.59 Å². The molecule has 1 fully saturated rings. The number of benzene rings is 4. The van der Waals surface area contributed by atoms with E-state index in [1.165, 1.54) is 4.90 Å². The Morgan fingerprint density at radius 3 is 2.07 bits per heavy atom. The molecule has 0 unspecified atom stereocenters. The molecule has 0 atom stereocenters. The molecular weight excluding hydrogens is 550 g/mol. The quantitative estimate of drug-likeness (QED) is 0.0763. The number of carbonyl (C=O) groups is 2. The van der Waals surface area contributed by atoms with Gasteiger partial charge in [-0.25, -0.2) is 4.79 Å². The SMILES string of the molecule is CCC=CCCOC(=O)c1ccccc1N=C1OC(=Cc2ccc(N(c3ccccc3)c3ccccc3)cc2)C(=O)N1CC. The molecular formula is C37H35N3O4. The third kappa shape index (κ3) is 7.13. The number of hydrogen-bond acceptors (Lipinski definition) is 6. The van der Waals surface area contributed by atoms with Crippen LogP contribution in [0, 0.1) is 0 Å². The zero-order chi connectivity index (χ0) is 30.7. The van der Waals surface area contributed by atoms with Gasteiger partial charge in [-0.15, -0.1) is 0 Å². The number of hydrogen-bond donors (Lipinski definition) is 0. The molecule has 0 bridgehead atoms. The van der Waals surface area contributed by atoms with Crippen LogP contribution in [0.15, 0.2) is 132 Å². The van der Waals surface area contributed by atoms with Gasteiger partial charge in [0.1, 0.15) is 0 Å². The van der Waals surface area contributed by atoms with Crippen molar-refractivity contribution in [2.24, 2.45) is 4.99 Å². The largest absolute Gasteiger partial charge is 0.462 e. The van der Waals surface area contributed by atoms with E-state index in [0.717, 1.165) is 29.0 Å². The van der Waals surface area contributed by atoms with Gasteiger partial charge in [-0.05, 0) is 79.9 Å². The summed E-state index contributed by atoms with van der Waals surface area (Å²) in [6, 6.07) is 35.2.